The summed E-state index contributed by atoms with van der Waals surface area (Å²) in [5, 5.41) is 7.96. The Balaban J connectivity index is 1.35. The summed E-state index contributed by atoms with van der Waals surface area (Å²) in [6.45, 7) is 2.32. The first-order valence-corrected chi connectivity index (χ1v) is 11.4. The van der Waals surface area contributed by atoms with E-state index in [1.54, 1.807) is 18.3 Å². The monoisotopic (exact) mass is 511 g/mol. The zero-order valence-electron chi connectivity index (χ0n) is 17.2. The van der Waals surface area contributed by atoms with Crippen LogP contribution in [0.4, 0.5) is 23.2 Å². The molecule has 0 bridgehead atoms. The van der Waals surface area contributed by atoms with Crippen LogP contribution in [0.2, 0.25) is 0 Å². The fraction of sp³-hybridized carbons (Fsp3) is 0.455. The highest BCUT2D eigenvalue weighted by molar-refractivity contribution is 9.10. The molecule has 0 unspecified atom stereocenters. The number of hydrogen-bond donors (Lipinski definition) is 0. The van der Waals surface area contributed by atoms with Gasteiger partial charge in [-0.2, -0.15) is 13.2 Å². The summed E-state index contributed by atoms with van der Waals surface area (Å²) in [4.78, 5) is 3.89. The van der Waals surface area contributed by atoms with Crippen LogP contribution >= 0.6 is 15.9 Å². The fourth-order valence-electron chi connectivity index (χ4n) is 4.33. The van der Waals surface area contributed by atoms with Gasteiger partial charge in [-0.25, -0.2) is 4.39 Å². The molecule has 1 saturated carbocycles. The molecule has 2 fully saturated rings. The van der Waals surface area contributed by atoms with Crippen molar-refractivity contribution in [3.63, 3.8) is 0 Å². The first-order chi connectivity index (χ1) is 15.3. The summed E-state index contributed by atoms with van der Waals surface area (Å²) < 4.78 is 58.5. The van der Waals surface area contributed by atoms with Gasteiger partial charge < -0.3 is 4.90 Å². The Hall–Kier alpha value is -2.20. The van der Waals surface area contributed by atoms with Crippen LogP contribution in [0, 0.1) is 11.7 Å². The standard InChI is InChI=1S/C22H22BrF4N5/c23-16-3-4-18(17(24)12-16)31-9-7-30(8-10-31)13-15-5-6-32-19(11-14-1-2-14)28-29-21(32)20(15)22(25,26)27/h3-6,12,14H,1-2,7-11,13H2. The lowest BCUT2D eigenvalue weighted by atomic mass is 10.1. The Bertz CT molecular complexity index is 1130. The van der Waals surface area contributed by atoms with Gasteiger partial charge in [0.1, 0.15) is 17.2 Å². The molecule has 0 N–H and O–H groups in total. The minimum absolute atomic E-state index is 0.124. The summed E-state index contributed by atoms with van der Waals surface area (Å²) in [5.74, 6) is 0.777. The van der Waals surface area contributed by atoms with Crippen LogP contribution in [-0.2, 0) is 19.1 Å². The first-order valence-electron chi connectivity index (χ1n) is 10.6. The van der Waals surface area contributed by atoms with Crippen LogP contribution in [0.25, 0.3) is 5.65 Å². The number of aromatic nitrogens is 3. The Kier molecular flexibility index (Phi) is 5.61. The average molecular weight is 512 g/mol. The number of pyridine rings is 1. The highest BCUT2D eigenvalue weighted by Crippen LogP contribution is 2.37. The van der Waals surface area contributed by atoms with Gasteiger partial charge in [-0.05, 0) is 48.6 Å². The van der Waals surface area contributed by atoms with Crippen LogP contribution in [0.5, 0.6) is 0 Å². The van der Waals surface area contributed by atoms with Gasteiger partial charge in [-0.3, -0.25) is 9.30 Å². The number of piperazine rings is 1. The summed E-state index contributed by atoms with van der Waals surface area (Å²) >= 11 is 3.25. The summed E-state index contributed by atoms with van der Waals surface area (Å²) in [5.41, 5.74) is -0.132. The third-order valence-corrected chi connectivity index (χ3v) is 6.70. The molecular weight excluding hydrogens is 490 g/mol. The number of fused-ring (bicyclic) bond motifs is 1. The highest BCUT2D eigenvalue weighted by atomic mass is 79.9. The van der Waals surface area contributed by atoms with Crippen molar-refractivity contribution in [1.82, 2.24) is 19.5 Å². The number of hydrogen-bond acceptors (Lipinski definition) is 4. The summed E-state index contributed by atoms with van der Waals surface area (Å²) in [6, 6.07) is 6.46. The molecule has 3 heterocycles. The molecule has 1 aliphatic heterocycles. The van der Waals surface area contributed by atoms with Gasteiger partial charge in [0, 0.05) is 49.8 Å². The Morgan fingerprint density at radius 3 is 2.44 bits per heavy atom. The van der Waals surface area contributed by atoms with Crippen molar-refractivity contribution >= 4 is 27.3 Å². The Labute approximate surface area is 191 Å². The van der Waals surface area contributed by atoms with E-state index in [0.29, 0.717) is 54.5 Å². The highest BCUT2D eigenvalue weighted by Gasteiger charge is 2.38. The molecular formula is C22H22BrF4N5. The molecule has 2 aliphatic rings. The van der Waals surface area contributed by atoms with E-state index in [1.165, 1.54) is 16.5 Å². The van der Waals surface area contributed by atoms with Crippen molar-refractivity contribution in [2.75, 3.05) is 31.1 Å². The van der Waals surface area contributed by atoms with E-state index in [-0.39, 0.29) is 23.6 Å². The van der Waals surface area contributed by atoms with E-state index < -0.39 is 11.7 Å². The minimum atomic E-state index is -4.52. The molecule has 0 spiro atoms. The molecule has 10 heteroatoms. The molecule has 1 aromatic carbocycles. The maximum absolute atomic E-state index is 14.3. The van der Waals surface area contributed by atoms with Crippen LogP contribution in [-0.4, -0.2) is 45.7 Å². The first kappa shape index (κ1) is 21.6. The predicted molar refractivity (Wildman–Crippen MR) is 116 cm³/mol. The molecule has 0 amide bonds. The van der Waals surface area contributed by atoms with E-state index in [2.05, 4.69) is 26.1 Å². The topological polar surface area (TPSA) is 36.7 Å². The van der Waals surface area contributed by atoms with E-state index >= 15 is 0 Å². The van der Waals surface area contributed by atoms with Gasteiger partial charge in [0.15, 0.2) is 5.65 Å². The van der Waals surface area contributed by atoms with E-state index in [4.69, 9.17) is 0 Å². The van der Waals surface area contributed by atoms with Gasteiger partial charge in [0.2, 0.25) is 0 Å². The normalized spacial score (nSPS) is 18.0. The third-order valence-electron chi connectivity index (χ3n) is 6.20. The zero-order chi connectivity index (χ0) is 22.5. The van der Waals surface area contributed by atoms with Crippen molar-refractivity contribution in [3.8, 4) is 0 Å². The number of nitrogens with zero attached hydrogens (tertiary/aromatic N) is 5. The lowest BCUT2D eigenvalue weighted by Crippen LogP contribution is -2.46. The molecule has 32 heavy (non-hydrogen) atoms. The maximum Gasteiger partial charge on any atom is 0.420 e. The lowest BCUT2D eigenvalue weighted by Gasteiger charge is -2.36. The summed E-state index contributed by atoms with van der Waals surface area (Å²) in [6.07, 6.45) is -0.0217. The van der Waals surface area contributed by atoms with Crippen LogP contribution in [0.3, 0.4) is 0 Å². The van der Waals surface area contributed by atoms with Crippen LogP contribution in [0.1, 0.15) is 29.8 Å². The molecule has 1 saturated heterocycles. The van der Waals surface area contributed by atoms with Gasteiger partial charge >= 0.3 is 6.18 Å². The van der Waals surface area contributed by atoms with Crippen molar-refractivity contribution in [2.24, 2.45) is 5.92 Å². The fourth-order valence-corrected chi connectivity index (χ4v) is 4.66. The molecule has 0 atom stereocenters. The third kappa shape index (κ3) is 4.34. The van der Waals surface area contributed by atoms with Gasteiger partial charge in [0.25, 0.3) is 0 Å². The number of benzene rings is 1. The van der Waals surface area contributed by atoms with Crippen molar-refractivity contribution < 1.29 is 17.6 Å². The molecule has 3 aromatic rings. The predicted octanol–water partition coefficient (Wildman–Crippen LogP) is 4.92. The van der Waals surface area contributed by atoms with Gasteiger partial charge in [-0.1, -0.05) is 15.9 Å². The van der Waals surface area contributed by atoms with Crippen molar-refractivity contribution in [2.45, 2.75) is 32.0 Å². The van der Waals surface area contributed by atoms with Crippen LogP contribution < -0.4 is 4.90 Å². The Morgan fingerprint density at radius 1 is 1.03 bits per heavy atom. The molecule has 2 aromatic heterocycles. The van der Waals surface area contributed by atoms with Crippen molar-refractivity contribution in [1.29, 1.82) is 0 Å². The molecule has 170 valence electrons. The quantitative estimate of drug-likeness (QED) is 0.455. The second kappa shape index (κ2) is 8.30. The zero-order valence-corrected chi connectivity index (χ0v) is 18.8. The van der Waals surface area contributed by atoms with Gasteiger partial charge in [-0.15, -0.1) is 10.2 Å². The number of anilines is 1. The van der Waals surface area contributed by atoms with Crippen LogP contribution in [0.15, 0.2) is 34.9 Å². The molecule has 5 nitrogen and oxygen atoms in total. The number of rotatable bonds is 5. The van der Waals surface area contributed by atoms with E-state index in [0.717, 1.165) is 12.8 Å². The molecule has 1 aliphatic carbocycles. The van der Waals surface area contributed by atoms with E-state index in [9.17, 15) is 17.6 Å². The van der Waals surface area contributed by atoms with Gasteiger partial charge in [0.05, 0.1) is 5.69 Å². The minimum Gasteiger partial charge on any atom is -0.367 e. The average Bonchev–Trinajstić information content (AvgIpc) is 3.46. The molecule has 0 radical (unpaired) electrons. The van der Waals surface area contributed by atoms with Crippen molar-refractivity contribution in [3.05, 3.63) is 57.7 Å². The summed E-state index contributed by atoms with van der Waals surface area (Å²) in [7, 11) is 0. The largest absolute Gasteiger partial charge is 0.420 e. The second-order valence-electron chi connectivity index (χ2n) is 8.53. The molecule has 5 rings (SSSR count). The number of halogens is 5. The maximum atomic E-state index is 14.3. The lowest BCUT2D eigenvalue weighted by molar-refractivity contribution is -0.137. The SMILES string of the molecule is Fc1cc(Br)ccc1N1CCN(Cc2ccn3c(CC4CC4)nnc3c2C(F)(F)F)CC1. The Morgan fingerprint density at radius 2 is 1.78 bits per heavy atom. The van der Waals surface area contributed by atoms with E-state index in [1.807, 2.05) is 9.80 Å². The smallest absolute Gasteiger partial charge is 0.367 e. The number of alkyl halides is 3. The second-order valence-corrected chi connectivity index (χ2v) is 9.45.